The van der Waals surface area contributed by atoms with Gasteiger partial charge in [-0.15, -0.1) is 0 Å². The van der Waals surface area contributed by atoms with Gasteiger partial charge in [0.15, 0.2) is 6.20 Å². The molecule has 0 N–H and O–H groups in total. The SMILES string of the molecule is Cc1c2c(c(CC(C)(C)C)c3ccccc13)Sc1nc3cc(CC(C)(C)C)ccc3c3cc[n+](C)c-2c13. The number of nitrogens with zero attached hydrogens (tertiary/aromatic N) is 2. The second-order valence-corrected chi connectivity index (χ2v) is 14.3. The predicted octanol–water partition coefficient (Wildman–Crippen LogP) is 8.98. The maximum Gasteiger partial charge on any atom is 0.224 e. The van der Waals surface area contributed by atoms with Gasteiger partial charge in [0, 0.05) is 21.7 Å². The second kappa shape index (κ2) is 8.30. The standard InChI is InChI=1S/C34H37N2S/c1-20-22-11-9-10-12-23(22)26(19-34(5,6)7)31-28(20)30-29-25(15-16-36(30)8)24-14-13-21(18-33(2,3)4)17-27(24)35-32(29)37-31/h9-17H,18-19H2,1-8H3/q+1. The van der Waals surface area contributed by atoms with Crippen LogP contribution in [0, 0.1) is 17.8 Å². The molecule has 6 rings (SSSR count). The molecule has 2 aromatic heterocycles. The summed E-state index contributed by atoms with van der Waals surface area (Å²) in [5, 5.41) is 7.72. The Kier molecular flexibility index (Phi) is 5.48. The van der Waals surface area contributed by atoms with Crippen molar-refractivity contribution in [3.63, 3.8) is 0 Å². The monoisotopic (exact) mass is 505 g/mol. The van der Waals surface area contributed by atoms with Crippen molar-refractivity contribution in [2.24, 2.45) is 17.9 Å². The summed E-state index contributed by atoms with van der Waals surface area (Å²) in [7, 11) is 2.19. The third-order valence-electron chi connectivity index (χ3n) is 7.52. The fourth-order valence-corrected chi connectivity index (χ4v) is 7.40. The van der Waals surface area contributed by atoms with Crippen molar-refractivity contribution in [1.29, 1.82) is 0 Å². The summed E-state index contributed by atoms with van der Waals surface area (Å²) in [4.78, 5) is 6.75. The number of hydrogen-bond acceptors (Lipinski definition) is 2. The van der Waals surface area contributed by atoms with E-state index in [-0.39, 0.29) is 10.8 Å². The van der Waals surface area contributed by atoms with Gasteiger partial charge in [-0.2, -0.15) is 0 Å². The number of fused-ring (bicyclic) bond motifs is 5. The van der Waals surface area contributed by atoms with E-state index in [1.807, 2.05) is 11.8 Å². The van der Waals surface area contributed by atoms with Gasteiger partial charge in [0.05, 0.1) is 16.5 Å². The van der Waals surface area contributed by atoms with Crippen LogP contribution in [0.15, 0.2) is 64.6 Å². The van der Waals surface area contributed by atoms with Crippen LogP contribution in [0.3, 0.4) is 0 Å². The summed E-state index contributed by atoms with van der Waals surface area (Å²) < 4.78 is 2.31. The van der Waals surface area contributed by atoms with Crippen molar-refractivity contribution >= 4 is 44.2 Å². The minimum absolute atomic E-state index is 0.180. The third-order valence-corrected chi connectivity index (χ3v) is 8.66. The first kappa shape index (κ1) is 24.4. The van der Waals surface area contributed by atoms with Crippen LogP contribution < -0.4 is 4.57 Å². The molecule has 3 aromatic carbocycles. The van der Waals surface area contributed by atoms with Crippen molar-refractivity contribution in [2.75, 3.05) is 0 Å². The summed E-state index contributed by atoms with van der Waals surface area (Å²) in [5.41, 5.74) is 8.40. The fourth-order valence-electron chi connectivity index (χ4n) is 6.10. The largest absolute Gasteiger partial charge is 0.240 e. The zero-order valence-electron chi connectivity index (χ0n) is 23.4. The Hall–Kier alpha value is -2.91. The molecular weight excluding hydrogens is 468 g/mol. The highest BCUT2D eigenvalue weighted by Crippen LogP contribution is 2.52. The van der Waals surface area contributed by atoms with Gasteiger partial charge >= 0.3 is 0 Å². The maximum absolute atomic E-state index is 5.36. The van der Waals surface area contributed by atoms with Crippen LogP contribution >= 0.6 is 11.8 Å². The lowest BCUT2D eigenvalue weighted by molar-refractivity contribution is -0.659. The van der Waals surface area contributed by atoms with Gasteiger partial charge in [0.2, 0.25) is 5.69 Å². The molecule has 0 radical (unpaired) electrons. The molecule has 0 saturated carbocycles. The van der Waals surface area contributed by atoms with E-state index >= 15 is 0 Å². The van der Waals surface area contributed by atoms with Gasteiger partial charge in [-0.05, 0) is 64.1 Å². The normalized spacial score (nSPS) is 13.5. The van der Waals surface area contributed by atoms with E-state index in [0.717, 1.165) is 23.4 Å². The molecule has 0 bridgehead atoms. The molecule has 0 unspecified atom stereocenters. The van der Waals surface area contributed by atoms with E-state index in [2.05, 4.69) is 115 Å². The van der Waals surface area contributed by atoms with Crippen LogP contribution in [0.25, 0.3) is 43.7 Å². The van der Waals surface area contributed by atoms with E-state index in [1.165, 1.54) is 59.8 Å². The molecule has 37 heavy (non-hydrogen) atoms. The van der Waals surface area contributed by atoms with Crippen LogP contribution in [0.2, 0.25) is 0 Å². The maximum atomic E-state index is 5.36. The van der Waals surface area contributed by atoms with Gasteiger partial charge in [0.25, 0.3) is 0 Å². The van der Waals surface area contributed by atoms with E-state index in [0.29, 0.717) is 0 Å². The van der Waals surface area contributed by atoms with Gasteiger partial charge in [0.1, 0.15) is 12.1 Å². The van der Waals surface area contributed by atoms with Crippen molar-refractivity contribution < 1.29 is 4.57 Å². The van der Waals surface area contributed by atoms with Crippen molar-refractivity contribution in [3.05, 3.63) is 71.4 Å². The Morgan fingerprint density at radius 3 is 2.22 bits per heavy atom. The highest BCUT2D eigenvalue weighted by Gasteiger charge is 2.34. The molecule has 2 nitrogen and oxygen atoms in total. The zero-order valence-corrected chi connectivity index (χ0v) is 24.2. The van der Waals surface area contributed by atoms with Crippen molar-refractivity contribution in [2.45, 2.75) is 71.2 Å². The van der Waals surface area contributed by atoms with E-state index in [9.17, 15) is 0 Å². The summed E-state index contributed by atoms with van der Waals surface area (Å²) >= 11 is 1.89. The lowest BCUT2D eigenvalue weighted by Gasteiger charge is -2.27. The highest BCUT2D eigenvalue weighted by molar-refractivity contribution is 7.99. The molecule has 3 heteroatoms. The molecular formula is C34H37N2S+. The molecule has 0 spiro atoms. The van der Waals surface area contributed by atoms with E-state index in [4.69, 9.17) is 4.98 Å². The number of aryl methyl sites for hydroxylation is 2. The van der Waals surface area contributed by atoms with Gasteiger partial charge in [-0.25, -0.2) is 9.55 Å². The first-order chi connectivity index (χ1) is 17.4. The second-order valence-electron chi connectivity index (χ2n) is 13.3. The van der Waals surface area contributed by atoms with Crippen LogP contribution in [-0.4, -0.2) is 4.98 Å². The van der Waals surface area contributed by atoms with Crippen molar-refractivity contribution in [3.8, 4) is 11.3 Å². The smallest absolute Gasteiger partial charge is 0.224 e. The van der Waals surface area contributed by atoms with E-state index in [1.54, 1.807) is 0 Å². The van der Waals surface area contributed by atoms with E-state index < -0.39 is 0 Å². The molecule has 1 aliphatic rings. The number of benzene rings is 3. The average Bonchev–Trinajstić information content (AvgIpc) is 2.81. The van der Waals surface area contributed by atoms with Crippen molar-refractivity contribution in [1.82, 2.24) is 4.98 Å². The summed E-state index contributed by atoms with van der Waals surface area (Å²) in [6.07, 6.45) is 4.31. The Labute approximate surface area is 225 Å². The molecule has 3 heterocycles. The Balaban J connectivity index is 1.71. The average molecular weight is 506 g/mol. The summed E-state index contributed by atoms with van der Waals surface area (Å²) in [6.45, 7) is 16.3. The van der Waals surface area contributed by atoms with Gasteiger partial charge < -0.3 is 0 Å². The summed E-state index contributed by atoms with van der Waals surface area (Å²) in [6, 6.07) is 18.2. The molecule has 0 saturated heterocycles. The number of hydrogen-bond donors (Lipinski definition) is 0. The highest BCUT2D eigenvalue weighted by atomic mass is 32.2. The Morgan fingerprint density at radius 1 is 0.811 bits per heavy atom. The fraction of sp³-hybridized carbons (Fsp3) is 0.353. The Bertz CT molecular complexity index is 1730. The van der Waals surface area contributed by atoms with Crippen LogP contribution in [0.1, 0.15) is 58.2 Å². The van der Waals surface area contributed by atoms with Crippen LogP contribution in [0.5, 0.6) is 0 Å². The minimum Gasteiger partial charge on any atom is -0.240 e. The third kappa shape index (κ3) is 4.12. The quantitative estimate of drug-likeness (QED) is 0.172. The molecule has 0 amide bonds. The van der Waals surface area contributed by atoms with Gasteiger partial charge in [-0.3, -0.25) is 0 Å². The van der Waals surface area contributed by atoms with Crippen LogP contribution in [-0.2, 0) is 19.9 Å². The zero-order chi connectivity index (χ0) is 26.3. The molecule has 0 aliphatic carbocycles. The lowest BCUT2D eigenvalue weighted by Crippen LogP contribution is -2.32. The lowest BCUT2D eigenvalue weighted by atomic mass is 9.83. The first-order valence-electron chi connectivity index (χ1n) is 13.4. The predicted molar refractivity (Wildman–Crippen MR) is 159 cm³/mol. The van der Waals surface area contributed by atoms with Gasteiger partial charge in [-0.1, -0.05) is 89.7 Å². The molecule has 5 aromatic rings. The van der Waals surface area contributed by atoms with Crippen LogP contribution in [0.4, 0.5) is 0 Å². The number of rotatable bonds is 2. The first-order valence-corrected chi connectivity index (χ1v) is 14.2. The molecule has 0 atom stereocenters. The Morgan fingerprint density at radius 2 is 1.51 bits per heavy atom. The number of pyridine rings is 2. The molecule has 1 aliphatic heterocycles. The number of aromatic nitrogens is 2. The summed E-state index contributed by atoms with van der Waals surface area (Å²) in [5.74, 6) is 0. The minimum atomic E-state index is 0.180. The topological polar surface area (TPSA) is 16.8 Å². The molecule has 188 valence electrons. The molecule has 0 fully saturated rings.